The van der Waals surface area contributed by atoms with Crippen molar-refractivity contribution in [2.24, 2.45) is 0 Å². The molecule has 2 amide bonds. The molecule has 0 radical (unpaired) electrons. The molecule has 1 heterocycles. The molecule has 0 bridgehead atoms. The molecule has 2 aromatic rings. The van der Waals surface area contributed by atoms with Gasteiger partial charge in [-0.3, -0.25) is 9.69 Å². The molecule has 0 aromatic heterocycles. The van der Waals surface area contributed by atoms with Gasteiger partial charge in [0, 0.05) is 21.3 Å². The summed E-state index contributed by atoms with van der Waals surface area (Å²) < 4.78 is 5.28. The van der Waals surface area contributed by atoms with Crippen molar-refractivity contribution in [3.63, 3.8) is 0 Å². The van der Waals surface area contributed by atoms with Crippen LogP contribution in [-0.4, -0.2) is 31.2 Å². The Morgan fingerprint density at radius 1 is 1.17 bits per heavy atom. The molecule has 5 nitrogen and oxygen atoms in total. The fraction of sp³-hybridized carbons (Fsp3) is 0.176. The van der Waals surface area contributed by atoms with Crippen molar-refractivity contribution in [1.82, 2.24) is 5.32 Å². The molecule has 24 heavy (non-hydrogen) atoms. The Kier molecular flexibility index (Phi) is 4.92. The van der Waals surface area contributed by atoms with Gasteiger partial charge in [0.05, 0.1) is 13.1 Å². The van der Waals surface area contributed by atoms with E-state index in [1.165, 1.54) is 4.90 Å². The molecule has 1 aliphatic heterocycles. The van der Waals surface area contributed by atoms with E-state index in [9.17, 15) is 9.59 Å². The third-order valence-corrected chi connectivity index (χ3v) is 4.08. The van der Waals surface area contributed by atoms with Crippen molar-refractivity contribution in [2.45, 2.75) is 6.10 Å². The number of nitrogens with one attached hydrogen (secondary N) is 1. The van der Waals surface area contributed by atoms with E-state index >= 15 is 0 Å². The molecule has 2 aromatic carbocycles. The number of rotatable bonds is 4. The standard InChI is InChI=1S/C17H14Cl2N2O3/c18-12-4-6-14(7-5-12)21-10-15(24-17(21)23)9-20-16(22)11-2-1-3-13(19)8-11/h1-8,15H,9-10H2,(H,20,22). The van der Waals surface area contributed by atoms with Crippen LogP contribution in [-0.2, 0) is 4.74 Å². The fourth-order valence-electron chi connectivity index (χ4n) is 2.40. The van der Waals surface area contributed by atoms with E-state index < -0.39 is 12.2 Å². The van der Waals surface area contributed by atoms with Gasteiger partial charge in [-0.2, -0.15) is 0 Å². The van der Waals surface area contributed by atoms with Gasteiger partial charge < -0.3 is 10.1 Å². The van der Waals surface area contributed by atoms with Gasteiger partial charge in [0.1, 0.15) is 6.10 Å². The number of cyclic esters (lactones) is 1. The van der Waals surface area contributed by atoms with Gasteiger partial charge in [0.2, 0.25) is 0 Å². The van der Waals surface area contributed by atoms with E-state index in [2.05, 4.69) is 5.32 Å². The molecule has 124 valence electrons. The number of hydrogen-bond acceptors (Lipinski definition) is 3. The van der Waals surface area contributed by atoms with E-state index in [1.807, 2.05) is 0 Å². The van der Waals surface area contributed by atoms with Crippen molar-refractivity contribution >= 4 is 40.9 Å². The average Bonchev–Trinajstić information content (AvgIpc) is 2.94. The lowest BCUT2D eigenvalue weighted by Gasteiger charge is -2.13. The van der Waals surface area contributed by atoms with Crippen molar-refractivity contribution < 1.29 is 14.3 Å². The van der Waals surface area contributed by atoms with Crippen LogP contribution < -0.4 is 10.2 Å². The number of nitrogens with zero attached hydrogens (tertiary/aromatic N) is 1. The summed E-state index contributed by atoms with van der Waals surface area (Å²) in [5.41, 5.74) is 1.16. The van der Waals surface area contributed by atoms with Crippen LogP contribution in [0.15, 0.2) is 48.5 Å². The first-order valence-electron chi connectivity index (χ1n) is 7.30. The molecular formula is C17H14Cl2N2O3. The van der Waals surface area contributed by atoms with E-state index in [0.29, 0.717) is 27.8 Å². The molecule has 1 atom stereocenters. The van der Waals surface area contributed by atoms with Crippen LogP contribution >= 0.6 is 23.2 Å². The monoisotopic (exact) mass is 364 g/mol. The Labute approximate surface area is 149 Å². The highest BCUT2D eigenvalue weighted by Crippen LogP contribution is 2.23. The largest absolute Gasteiger partial charge is 0.442 e. The van der Waals surface area contributed by atoms with Crippen LogP contribution in [0.1, 0.15) is 10.4 Å². The first-order chi connectivity index (χ1) is 11.5. The summed E-state index contributed by atoms with van der Waals surface area (Å²) in [6, 6.07) is 13.6. The Morgan fingerprint density at radius 2 is 1.92 bits per heavy atom. The number of anilines is 1. The van der Waals surface area contributed by atoms with E-state index in [1.54, 1.807) is 48.5 Å². The van der Waals surface area contributed by atoms with Crippen molar-refractivity contribution in [2.75, 3.05) is 18.0 Å². The smallest absolute Gasteiger partial charge is 0.414 e. The molecular weight excluding hydrogens is 351 g/mol. The molecule has 1 saturated heterocycles. The van der Waals surface area contributed by atoms with Gasteiger partial charge in [0.15, 0.2) is 0 Å². The summed E-state index contributed by atoms with van der Waals surface area (Å²) in [6.07, 6.45) is -0.865. The summed E-state index contributed by atoms with van der Waals surface area (Å²) in [7, 11) is 0. The van der Waals surface area contributed by atoms with Gasteiger partial charge in [-0.1, -0.05) is 29.3 Å². The number of hydrogen-bond donors (Lipinski definition) is 1. The van der Waals surface area contributed by atoms with Crippen molar-refractivity contribution in [1.29, 1.82) is 0 Å². The van der Waals surface area contributed by atoms with Gasteiger partial charge >= 0.3 is 6.09 Å². The molecule has 1 unspecified atom stereocenters. The van der Waals surface area contributed by atoms with Crippen LogP contribution in [0.2, 0.25) is 10.0 Å². The summed E-state index contributed by atoms with van der Waals surface area (Å²) in [5.74, 6) is -0.265. The zero-order chi connectivity index (χ0) is 17.1. The molecule has 1 aliphatic rings. The average molecular weight is 365 g/mol. The molecule has 0 aliphatic carbocycles. The highest BCUT2D eigenvalue weighted by molar-refractivity contribution is 6.31. The number of amides is 2. The number of benzene rings is 2. The first-order valence-corrected chi connectivity index (χ1v) is 8.06. The minimum absolute atomic E-state index is 0.223. The molecule has 0 saturated carbocycles. The topological polar surface area (TPSA) is 58.6 Å². The van der Waals surface area contributed by atoms with Gasteiger partial charge in [-0.25, -0.2) is 4.79 Å². The SMILES string of the molecule is O=C(NCC1CN(c2ccc(Cl)cc2)C(=O)O1)c1cccc(Cl)c1. The van der Waals surface area contributed by atoms with Gasteiger partial charge in [-0.05, 0) is 42.5 Å². The molecule has 0 spiro atoms. The third-order valence-electron chi connectivity index (χ3n) is 3.59. The minimum atomic E-state index is -0.445. The van der Waals surface area contributed by atoms with Crippen LogP contribution in [0.25, 0.3) is 0 Å². The number of carbonyl (C=O) groups excluding carboxylic acids is 2. The lowest BCUT2D eigenvalue weighted by Crippen LogP contribution is -2.34. The summed E-state index contributed by atoms with van der Waals surface area (Å²) in [5, 5.41) is 3.83. The van der Waals surface area contributed by atoms with Crippen molar-refractivity contribution in [3.8, 4) is 0 Å². The van der Waals surface area contributed by atoms with E-state index in [4.69, 9.17) is 27.9 Å². The lowest BCUT2D eigenvalue weighted by molar-refractivity contribution is 0.0916. The maximum absolute atomic E-state index is 12.1. The molecule has 7 heteroatoms. The van der Waals surface area contributed by atoms with Crippen LogP contribution in [0.4, 0.5) is 10.5 Å². The van der Waals surface area contributed by atoms with Crippen LogP contribution in [0, 0.1) is 0 Å². The maximum atomic E-state index is 12.1. The molecule has 3 rings (SSSR count). The summed E-state index contributed by atoms with van der Waals surface area (Å²) >= 11 is 11.7. The lowest BCUT2D eigenvalue weighted by atomic mass is 10.2. The maximum Gasteiger partial charge on any atom is 0.414 e. The third kappa shape index (κ3) is 3.80. The number of ether oxygens (including phenoxy) is 1. The Bertz CT molecular complexity index is 765. The van der Waals surface area contributed by atoms with E-state index in [0.717, 1.165) is 0 Å². The summed E-state index contributed by atoms with van der Waals surface area (Å²) in [6.45, 7) is 0.581. The highest BCUT2D eigenvalue weighted by Gasteiger charge is 2.32. The number of halogens is 2. The predicted molar refractivity (Wildman–Crippen MR) is 92.9 cm³/mol. The second-order valence-electron chi connectivity index (χ2n) is 5.31. The predicted octanol–water partition coefficient (Wildman–Crippen LogP) is 3.75. The normalized spacial score (nSPS) is 16.8. The first kappa shape index (κ1) is 16.6. The Balaban J connectivity index is 1.58. The summed E-state index contributed by atoms with van der Waals surface area (Å²) in [4.78, 5) is 25.6. The van der Waals surface area contributed by atoms with Crippen LogP contribution in [0.3, 0.4) is 0 Å². The van der Waals surface area contributed by atoms with Gasteiger partial charge in [-0.15, -0.1) is 0 Å². The van der Waals surface area contributed by atoms with E-state index in [-0.39, 0.29) is 12.5 Å². The second-order valence-corrected chi connectivity index (χ2v) is 6.19. The molecule has 1 N–H and O–H groups in total. The Morgan fingerprint density at radius 3 is 2.62 bits per heavy atom. The second kappa shape index (κ2) is 7.11. The quantitative estimate of drug-likeness (QED) is 0.898. The van der Waals surface area contributed by atoms with Crippen LogP contribution in [0.5, 0.6) is 0 Å². The number of carbonyl (C=O) groups is 2. The minimum Gasteiger partial charge on any atom is -0.442 e. The molecule has 1 fully saturated rings. The zero-order valence-corrected chi connectivity index (χ0v) is 14.1. The highest BCUT2D eigenvalue weighted by atomic mass is 35.5. The zero-order valence-electron chi connectivity index (χ0n) is 12.5. The van der Waals surface area contributed by atoms with Crippen molar-refractivity contribution in [3.05, 3.63) is 64.1 Å². The van der Waals surface area contributed by atoms with Gasteiger partial charge in [0.25, 0.3) is 5.91 Å². The fourth-order valence-corrected chi connectivity index (χ4v) is 2.71. The Hall–Kier alpha value is -2.24.